The van der Waals surface area contributed by atoms with Crippen molar-refractivity contribution in [2.75, 3.05) is 43.1 Å². The van der Waals surface area contributed by atoms with Crippen molar-refractivity contribution in [3.63, 3.8) is 0 Å². The van der Waals surface area contributed by atoms with Crippen molar-refractivity contribution in [1.82, 2.24) is 9.38 Å². The van der Waals surface area contributed by atoms with E-state index in [9.17, 15) is 4.79 Å². The highest BCUT2D eigenvalue weighted by atomic mass is 32.2. The van der Waals surface area contributed by atoms with E-state index in [1.54, 1.807) is 11.8 Å². The summed E-state index contributed by atoms with van der Waals surface area (Å²) < 4.78 is 13.6. The topological polar surface area (TPSA) is 68.1 Å². The normalized spacial score (nSPS) is 12.9. The van der Waals surface area contributed by atoms with Gasteiger partial charge >= 0.3 is 0 Å². The van der Waals surface area contributed by atoms with Crippen molar-refractivity contribution < 1.29 is 14.3 Å². The number of ether oxygens (including phenoxy) is 2. The van der Waals surface area contributed by atoms with E-state index >= 15 is 0 Å². The van der Waals surface area contributed by atoms with Gasteiger partial charge in [-0.05, 0) is 109 Å². The number of nitrogens with zero attached hydrogens (tertiary/aromatic N) is 3. The van der Waals surface area contributed by atoms with Gasteiger partial charge in [0.25, 0.3) is 5.91 Å². The van der Waals surface area contributed by atoms with Crippen LogP contribution in [0.2, 0.25) is 0 Å². The Bertz CT molecular complexity index is 1900. The molecule has 0 radical (unpaired) electrons. The first-order chi connectivity index (χ1) is 23.9. The number of aromatic nitrogens is 2. The van der Waals surface area contributed by atoms with Crippen LogP contribution in [0.4, 0.5) is 11.4 Å². The van der Waals surface area contributed by atoms with Gasteiger partial charge in [0.1, 0.15) is 18.0 Å². The van der Waals surface area contributed by atoms with Gasteiger partial charge in [0.05, 0.1) is 17.3 Å². The zero-order chi connectivity index (χ0) is 34.2. The molecular formula is C41H46N4O3S. The third-order valence-corrected chi connectivity index (χ3v) is 9.51. The summed E-state index contributed by atoms with van der Waals surface area (Å²) in [5.74, 6) is 1.26. The standard InChI is InChI=1S/C41H46N4O3S/c1-5-6-22-47-23-24-48-36-15-10-31(11-16-36)32-12-19-38-34(25-32)26-33(20-21-44(38)27-29(2)3)41(46)43-35-13-17-37(18-14-35)49-40-9-7-8-39-42-30(4)28-45(39)40/h7-19,25-26,28-29H,5-6,20-24,27H2,1-4H3,(H,43,46). The van der Waals surface area contributed by atoms with Gasteiger partial charge < -0.3 is 19.7 Å². The Balaban J connectivity index is 1.15. The number of hydrogen-bond donors (Lipinski definition) is 1. The molecule has 254 valence electrons. The van der Waals surface area contributed by atoms with E-state index in [2.05, 4.69) is 89.0 Å². The smallest absolute Gasteiger partial charge is 0.251 e. The number of pyridine rings is 1. The molecule has 0 saturated carbocycles. The number of carbonyl (C=O) groups excluding carboxylic acids is 1. The van der Waals surface area contributed by atoms with Crippen LogP contribution in [0, 0.1) is 12.8 Å². The number of rotatable bonds is 14. The Morgan fingerprint density at radius 1 is 0.959 bits per heavy atom. The third kappa shape index (κ3) is 8.94. The predicted molar refractivity (Wildman–Crippen MR) is 202 cm³/mol. The Labute approximate surface area is 294 Å². The number of imidazole rings is 1. The fourth-order valence-electron chi connectivity index (χ4n) is 6.02. The predicted octanol–water partition coefficient (Wildman–Crippen LogP) is 9.54. The molecule has 0 fully saturated rings. The van der Waals surface area contributed by atoms with E-state index < -0.39 is 0 Å². The number of fused-ring (bicyclic) bond motifs is 2. The van der Waals surface area contributed by atoms with Crippen molar-refractivity contribution in [3.05, 3.63) is 108 Å². The van der Waals surface area contributed by atoms with Crippen LogP contribution >= 0.6 is 11.8 Å². The zero-order valence-electron chi connectivity index (χ0n) is 28.9. The summed E-state index contributed by atoms with van der Waals surface area (Å²) in [6.07, 6.45) is 6.99. The van der Waals surface area contributed by atoms with Crippen LogP contribution < -0.4 is 15.0 Å². The molecule has 3 heterocycles. The van der Waals surface area contributed by atoms with E-state index in [0.717, 1.165) is 93.2 Å². The Kier molecular flexibility index (Phi) is 11.4. The summed E-state index contributed by atoms with van der Waals surface area (Å²) in [4.78, 5) is 21.8. The Morgan fingerprint density at radius 2 is 1.76 bits per heavy atom. The molecule has 0 saturated heterocycles. The number of unbranched alkanes of at least 4 members (excludes halogenated alkanes) is 1. The minimum atomic E-state index is -0.0676. The van der Waals surface area contributed by atoms with Crippen LogP contribution in [0.25, 0.3) is 22.9 Å². The second-order valence-corrected chi connectivity index (χ2v) is 14.0. The zero-order valence-corrected chi connectivity index (χ0v) is 29.8. The first-order valence-corrected chi connectivity index (χ1v) is 18.1. The van der Waals surface area contributed by atoms with Crippen molar-refractivity contribution in [1.29, 1.82) is 0 Å². The van der Waals surface area contributed by atoms with Crippen molar-refractivity contribution in [3.8, 4) is 16.9 Å². The van der Waals surface area contributed by atoms with E-state index in [0.29, 0.717) is 25.6 Å². The molecule has 5 aromatic rings. The van der Waals surface area contributed by atoms with Gasteiger partial charge in [-0.2, -0.15) is 0 Å². The minimum absolute atomic E-state index is 0.0676. The summed E-state index contributed by atoms with van der Waals surface area (Å²) in [5, 5.41) is 4.25. The fourth-order valence-corrected chi connectivity index (χ4v) is 6.93. The van der Waals surface area contributed by atoms with Gasteiger partial charge in [-0.1, -0.05) is 63.2 Å². The van der Waals surface area contributed by atoms with Crippen molar-refractivity contribution >= 4 is 40.8 Å². The van der Waals surface area contributed by atoms with Gasteiger partial charge in [0.2, 0.25) is 0 Å². The lowest BCUT2D eigenvalue weighted by atomic mass is 10.00. The van der Waals surface area contributed by atoms with Crippen LogP contribution in [0.5, 0.6) is 5.75 Å². The monoisotopic (exact) mass is 674 g/mol. The minimum Gasteiger partial charge on any atom is -0.491 e. The number of hydrogen-bond acceptors (Lipinski definition) is 6. The van der Waals surface area contributed by atoms with Gasteiger partial charge in [0.15, 0.2) is 0 Å². The average molecular weight is 675 g/mol. The SMILES string of the molecule is CCCCOCCOc1ccc(-c2ccc3c(c2)C=C(C(=O)Nc2ccc(Sc4cccc5nc(C)cn45)cc2)CCN3CC(C)C)cc1. The van der Waals surface area contributed by atoms with Crippen molar-refractivity contribution in [2.24, 2.45) is 5.92 Å². The van der Waals surface area contributed by atoms with Gasteiger partial charge in [0, 0.05) is 47.7 Å². The Morgan fingerprint density at radius 3 is 2.53 bits per heavy atom. The maximum atomic E-state index is 13.7. The molecule has 2 aromatic heterocycles. The highest BCUT2D eigenvalue weighted by Crippen LogP contribution is 2.34. The first-order valence-electron chi connectivity index (χ1n) is 17.3. The molecule has 49 heavy (non-hydrogen) atoms. The largest absolute Gasteiger partial charge is 0.491 e. The molecule has 1 N–H and O–H groups in total. The van der Waals surface area contributed by atoms with Crippen LogP contribution in [0.1, 0.15) is 51.3 Å². The number of carbonyl (C=O) groups is 1. The van der Waals surface area contributed by atoms with Crippen LogP contribution in [-0.2, 0) is 9.53 Å². The summed E-state index contributed by atoms with van der Waals surface area (Å²) in [5.41, 5.74) is 7.90. The Hall–Kier alpha value is -4.53. The quantitative estimate of drug-likeness (QED) is 0.118. The summed E-state index contributed by atoms with van der Waals surface area (Å²) in [6.45, 7) is 12.3. The third-order valence-electron chi connectivity index (χ3n) is 8.46. The van der Waals surface area contributed by atoms with Gasteiger partial charge in [-0.3, -0.25) is 9.20 Å². The van der Waals surface area contributed by atoms with Crippen LogP contribution in [0.3, 0.4) is 0 Å². The number of anilines is 2. The molecule has 8 heteroatoms. The average Bonchev–Trinajstić information content (AvgIpc) is 3.40. The number of aryl methyl sites for hydroxylation is 1. The molecule has 0 atom stereocenters. The van der Waals surface area contributed by atoms with E-state index in [1.165, 1.54) is 0 Å². The molecule has 0 unspecified atom stereocenters. The van der Waals surface area contributed by atoms with Crippen LogP contribution in [0.15, 0.2) is 107 Å². The lowest BCUT2D eigenvalue weighted by Crippen LogP contribution is -2.29. The molecule has 1 amide bonds. The lowest BCUT2D eigenvalue weighted by Gasteiger charge is -2.27. The first kappa shape index (κ1) is 34.3. The molecular weight excluding hydrogens is 629 g/mol. The molecule has 7 nitrogen and oxygen atoms in total. The number of amides is 1. The molecule has 0 bridgehead atoms. The van der Waals surface area contributed by atoms with Crippen LogP contribution in [-0.4, -0.2) is 48.2 Å². The molecule has 1 aliphatic heterocycles. The van der Waals surface area contributed by atoms with Gasteiger partial charge in [-0.25, -0.2) is 4.98 Å². The lowest BCUT2D eigenvalue weighted by molar-refractivity contribution is -0.112. The molecule has 0 spiro atoms. The summed E-state index contributed by atoms with van der Waals surface area (Å²) in [7, 11) is 0. The van der Waals surface area contributed by atoms with E-state index in [-0.39, 0.29) is 5.91 Å². The van der Waals surface area contributed by atoms with E-state index in [4.69, 9.17) is 9.47 Å². The molecule has 6 rings (SSSR count). The second-order valence-electron chi connectivity index (χ2n) is 12.9. The highest BCUT2D eigenvalue weighted by molar-refractivity contribution is 7.99. The van der Waals surface area contributed by atoms with E-state index in [1.807, 2.05) is 55.5 Å². The number of benzene rings is 3. The number of nitrogens with one attached hydrogen (secondary N) is 1. The van der Waals surface area contributed by atoms with Gasteiger partial charge in [-0.15, -0.1) is 0 Å². The summed E-state index contributed by atoms with van der Waals surface area (Å²) >= 11 is 1.67. The highest BCUT2D eigenvalue weighted by Gasteiger charge is 2.21. The second kappa shape index (κ2) is 16.2. The van der Waals surface area contributed by atoms with Crippen molar-refractivity contribution in [2.45, 2.75) is 56.9 Å². The summed E-state index contributed by atoms with van der Waals surface area (Å²) in [6, 6.07) is 29.0. The molecule has 1 aliphatic rings. The molecule has 3 aromatic carbocycles. The molecule has 0 aliphatic carbocycles. The maximum absolute atomic E-state index is 13.7. The fraction of sp³-hybridized carbons (Fsp3) is 0.317. The maximum Gasteiger partial charge on any atom is 0.251 e.